The van der Waals surface area contributed by atoms with Gasteiger partial charge in [-0.2, -0.15) is 0 Å². The summed E-state index contributed by atoms with van der Waals surface area (Å²) in [5.74, 6) is -1.94. The first-order chi connectivity index (χ1) is 8.99. The summed E-state index contributed by atoms with van der Waals surface area (Å²) in [6, 6.07) is 0.745. The molecule has 1 aromatic rings. The van der Waals surface area contributed by atoms with E-state index in [4.69, 9.17) is 0 Å². The van der Waals surface area contributed by atoms with Crippen LogP contribution in [0.4, 0.5) is 20.4 Å². The monoisotopic (exact) mass is 272 g/mol. The van der Waals surface area contributed by atoms with Gasteiger partial charge in [-0.3, -0.25) is 4.79 Å². The van der Waals surface area contributed by atoms with Gasteiger partial charge >= 0.3 is 0 Å². The van der Waals surface area contributed by atoms with Crippen LogP contribution in [0.15, 0.2) is 6.07 Å². The molecule has 0 bridgehead atoms. The highest BCUT2D eigenvalue weighted by atomic mass is 19.1. The molecule has 19 heavy (non-hydrogen) atoms. The van der Waals surface area contributed by atoms with Crippen LogP contribution in [0.25, 0.3) is 0 Å². The number of carbonyl (C=O) groups is 1. The maximum absolute atomic E-state index is 13.6. The van der Waals surface area contributed by atoms with Crippen LogP contribution in [-0.2, 0) is 4.79 Å². The van der Waals surface area contributed by atoms with Crippen LogP contribution in [0.3, 0.4) is 0 Å². The van der Waals surface area contributed by atoms with Crippen molar-refractivity contribution >= 4 is 17.5 Å². The lowest BCUT2D eigenvalue weighted by Gasteiger charge is -2.19. The Hall–Kier alpha value is -1.92. The van der Waals surface area contributed by atoms with E-state index in [2.05, 4.69) is 15.6 Å². The molecule has 5 nitrogen and oxygen atoms in total. The summed E-state index contributed by atoms with van der Waals surface area (Å²) in [6.45, 7) is 2.46. The van der Waals surface area contributed by atoms with Crippen molar-refractivity contribution in [2.24, 2.45) is 0 Å². The van der Waals surface area contributed by atoms with Crippen LogP contribution in [0.1, 0.15) is 13.3 Å². The van der Waals surface area contributed by atoms with Crippen molar-refractivity contribution in [3.8, 4) is 0 Å². The number of nitrogens with zero attached hydrogens (tertiary/aromatic N) is 2. The molecule has 7 heteroatoms. The minimum atomic E-state index is -0.803. The number of likely N-dealkylation sites (N-methyl/N-ethyl adjacent to an activating group) is 1. The minimum absolute atomic E-state index is 0.0429. The quantitative estimate of drug-likeness (QED) is 0.821. The number of amides is 1. The van der Waals surface area contributed by atoms with E-state index < -0.39 is 11.6 Å². The Kier molecular flexibility index (Phi) is 5.47. The lowest BCUT2D eigenvalue weighted by Crippen LogP contribution is -2.36. The van der Waals surface area contributed by atoms with Gasteiger partial charge in [0.05, 0.1) is 6.54 Å². The van der Waals surface area contributed by atoms with Crippen LogP contribution < -0.4 is 15.5 Å². The van der Waals surface area contributed by atoms with Gasteiger partial charge in [-0.05, 0) is 6.42 Å². The lowest BCUT2D eigenvalue weighted by atomic mass is 10.3. The van der Waals surface area contributed by atoms with Gasteiger partial charge in [0.25, 0.3) is 0 Å². The van der Waals surface area contributed by atoms with E-state index in [1.165, 1.54) is 19.0 Å². The molecule has 1 aromatic heterocycles. The first-order valence-electron chi connectivity index (χ1n) is 6.01. The van der Waals surface area contributed by atoms with Crippen molar-refractivity contribution in [1.82, 2.24) is 10.3 Å². The van der Waals surface area contributed by atoms with E-state index in [0.717, 1.165) is 12.5 Å². The molecule has 1 heterocycles. The van der Waals surface area contributed by atoms with E-state index in [-0.39, 0.29) is 24.1 Å². The molecule has 0 aromatic carbocycles. The number of nitrogens with one attached hydrogen (secondary N) is 2. The van der Waals surface area contributed by atoms with E-state index in [0.29, 0.717) is 6.54 Å². The SMILES string of the molecule is CCCNC(=O)CN(C)c1nc(NC)c(F)cc1F. The molecule has 0 spiro atoms. The Morgan fingerprint density at radius 2 is 2.11 bits per heavy atom. The second-order valence-electron chi connectivity index (χ2n) is 4.08. The van der Waals surface area contributed by atoms with E-state index in [1.807, 2.05) is 6.92 Å². The number of aromatic nitrogens is 1. The molecule has 0 saturated carbocycles. The number of anilines is 2. The molecule has 0 radical (unpaired) electrons. The standard InChI is InChI=1S/C12H18F2N4O/c1-4-5-16-10(19)7-18(3)12-9(14)6-8(13)11(15-2)17-12/h6H,4-5,7H2,1-3H3,(H,15,17)(H,16,19). The summed E-state index contributed by atoms with van der Waals surface area (Å²) in [7, 11) is 3.01. The molecule has 0 aliphatic carbocycles. The average Bonchev–Trinajstić information content (AvgIpc) is 2.36. The fourth-order valence-corrected chi connectivity index (χ4v) is 1.51. The fourth-order valence-electron chi connectivity index (χ4n) is 1.51. The number of hydrogen-bond acceptors (Lipinski definition) is 4. The normalized spacial score (nSPS) is 10.2. The lowest BCUT2D eigenvalue weighted by molar-refractivity contribution is -0.119. The van der Waals surface area contributed by atoms with Gasteiger partial charge < -0.3 is 15.5 Å². The minimum Gasteiger partial charge on any atom is -0.371 e. The molecule has 1 amide bonds. The zero-order valence-electron chi connectivity index (χ0n) is 11.3. The summed E-state index contributed by atoms with van der Waals surface area (Å²) >= 11 is 0. The van der Waals surface area contributed by atoms with Gasteiger partial charge in [-0.15, -0.1) is 0 Å². The molecule has 0 aliphatic heterocycles. The fraction of sp³-hybridized carbons (Fsp3) is 0.500. The molecule has 2 N–H and O–H groups in total. The zero-order valence-corrected chi connectivity index (χ0v) is 11.3. The predicted octanol–water partition coefficient (Wildman–Crippen LogP) is 1.36. The summed E-state index contributed by atoms with van der Waals surface area (Å²) in [5, 5.41) is 5.20. The zero-order chi connectivity index (χ0) is 14.4. The molecule has 0 atom stereocenters. The Labute approximate surface area is 111 Å². The predicted molar refractivity (Wildman–Crippen MR) is 70.3 cm³/mol. The van der Waals surface area contributed by atoms with Crippen molar-refractivity contribution in [3.05, 3.63) is 17.7 Å². The molecule has 0 unspecified atom stereocenters. The maximum atomic E-state index is 13.6. The maximum Gasteiger partial charge on any atom is 0.239 e. The van der Waals surface area contributed by atoms with Crippen molar-refractivity contribution in [1.29, 1.82) is 0 Å². The summed E-state index contributed by atoms with van der Waals surface area (Å²) in [6.07, 6.45) is 0.822. The van der Waals surface area contributed by atoms with Gasteiger partial charge in [-0.25, -0.2) is 13.8 Å². The van der Waals surface area contributed by atoms with Crippen molar-refractivity contribution in [2.45, 2.75) is 13.3 Å². The molecular weight excluding hydrogens is 254 g/mol. The topological polar surface area (TPSA) is 57.3 Å². The van der Waals surface area contributed by atoms with E-state index in [9.17, 15) is 13.6 Å². The number of hydrogen-bond donors (Lipinski definition) is 2. The van der Waals surface area contributed by atoms with Crippen molar-refractivity contribution < 1.29 is 13.6 Å². The van der Waals surface area contributed by atoms with Gasteiger partial charge in [0.2, 0.25) is 5.91 Å². The average molecular weight is 272 g/mol. The van der Waals surface area contributed by atoms with Gasteiger partial charge in [-0.1, -0.05) is 6.92 Å². The number of carbonyl (C=O) groups excluding carboxylic acids is 1. The Bertz CT molecular complexity index is 454. The first kappa shape index (κ1) is 15.1. The van der Waals surface area contributed by atoms with Gasteiger partial charge in [0.15, 0.2) is 23.3 Å². The largest absolute Gasteiger partial charge is 0.371 e. The molecule has 0 saturated heterocycles. The van der Waals surface area contributed by atoms with Crippen LogP contribution in [0, 0.1) is 11.6 Å². The van der Waals surface area contributed by atoms with Crippen LogP contribution in [0.2, 0.25) is 0 Å². The van der Waals surface area contributed by atoms with E-state index >= 15 is 0 Å². The van der Waals surface area contributed by atoms with Crippen molar-refractivity contribution in [3.63, 3.8) is 0 Å². The molecule has 0 aliphatic rings. The third kappa shape index (κ3) is 4.04. The number of pyridine rings is 1. The van der Waals surface area contributed by atoms with Crippen molar-refractivity contribution in [2.75, 3.05) is 37.4 Å². The second kappa shape index (κ2) is 6.86. The molecule has 1 rings (SSSR count). The number of rotatable bonds is 6. The third-order valence-electron chi connectivity index (χ3n) is 2.46. The smallest absolute Gasteiger partial charge is 0.239 e. The summed E-state index contributed by atoms with van der Waals surface area (Å²) in [5.41, 5.74) is 0. The molecule has 106 valence electrons. The van der Waals surface area contributed by atoms with Gasteiger partial charge in [0.1, 0.15) is 0 Å². The molecular formula is C12H18F2N4O. The second-order valence-corrected chi connectivity index (χ2v) is 4.08. The van der Waals surface area contributed by atoms with Gasteiger partial charge in [0, 0.05) is 26.7 Å². The highest BCUT2D eigenvalue weighted by Crippen LogP contribution is 2.20. The summed E-state index contributed by atoms with van der Waals surface area (Å²) in [4.78, 5) is 16.7. The Morgan fingerprint density at radius 3 is 2.68 bits per heavy atom. The highest BCUT2D eigenvalue weighted by molar-refractivity contribution is 5.80. The highest BCUT2D eigenvalue weighted by Gasteiger charge is 2.16. The van der Waals surface area contributed by atoms with Crippen LogP contribution in [-0.4, -0.2) is 38.1 Å². The van der Waals surface area contributed by atoms with Crippen LogP contribution >= 0.6 is 0 Å². The molecule has 0 fully saturated rings. The summed E-state index contributed by atoms with van der Waals surface area (Å²) < 4.78 is 26.9. The van der Waals surface area contributed by atoms with Crippen LogP contribution in [0.5, 0.6) is 0 Å². The Balaban J connectivity index is 2.81. The number of halogens is 2. The third-order valence-corrected chi connectivity index (χ3v) is 2.46. The van der Waals surface area contributed by atoms with E-state index in [1.54, 1.807) is 0 Å². The Morgan fingerprint density at radius 1 is 1.42 bits per heavy atom. The first-order valence-corrected chi connectivity index (χ1v) is 6.01.